The van der Waals surface area contributed by atoms with Gasteiger partial charge >= 0.3 is 5.97 Å². The first-order valence-corrected chi connectivity index (χ1v) is 9.68. The van der Waals surface area contributed by atoms with Crippen LogP contribution in [0.1, 0.15) is 36.5 Å². The maximum Gasteiger partial charge on any atom is 0.308 e. The van der Waals surface area contributed by atoms with Crippen molar-refractivity contribution < 1.29 is 28.7 Å². The summed E-state index contributed by atoms with van der Waals surface area (Å²) >= 11 is 0. The number of anilines is 1. The van der Waals surface area contributed by atoms with Gasteiger partial charge in [-0.3, -0.25) is 28.9 Å². The Morgan fingerprint density at radius 1 is 1.10 bits per heavy atom. The SMILES string of the molecule is C[C@H](OC(=O)CCN1C(=O)[C@H]2CC=CC[C@H]2C1=O)C(=O)Nc1ccc(C(N)=O)cc1. The summed E-state index contributed by atoms with van der Waals surface area (Å²) in [6, 6.07) is 5.94. The number of allylic oxidation sites excluding steroid dienone is 2. The van der Waals surface area contributed by atoms with Gasteiger partial charge in [-0.15, -0.1) is 0 Å². The second-order valence-corrected chi connectivity index (χ2v) is 7.30. The largest absolute Gasteiger partial charge is 0.452 e. The van der Waals surface area contributed by atoms with Gasteiger partial charge in [-0.2, -0.15) is 0 Å². The lowest BCUT2D eigenvalue weighted by atomic mass is 9.85. The van der Waals surface area contributed by atoms with Crippen molar-refractivity contribution >= 4 is 35.3 Å². The van der Waals surface area contributed by atoms with E-state index >= 15 is 0 Å². The van der Waals surface area contributed by atoms with Crippen molar-refractivity contribution in [3.8, 4) is 0 Å². The lowest BCUT2D eigenvalue weighted by Crippen LogP contribution is -2.35. The van der Waals surface area contributed by atoms with Crippen LogP contribution in [0.5, 0.6) is 0 Å². The summed E-state index contributed by atoms with van der Waals surface area (Å²) in [6.07, 6.45) is 3.60. The molecule has 3 N–H and O–H groups in total. The molecule has 30 heavy (non-hydrogen) atoms. The van der Waals surface area contributed by atoms with E-state index in [1.165, 1.54) is 31.2 Å². The van der Waals surface area contributed by atoms with Gasteiger partial charge in [0.25, 0.3) is 5.91 Å². The van der Waals surface area contributed by atoms with E-state index in [-0.39, 0.29) is 36.6 Å². The fourth-order valence-electron chi connectivity index (χ4n) is 3.56. The number of imide groups is 1. The number of nitrogens with one attached hydrogen (secondary N) is 1. The number of primary amides is 1. The van der Waals surface area contributed by atoms with Crippen molar-refractivity contribution in [1.29, 1.82) is 0 Å². The molecule has 158 valence electrons. The highest BCUT2D eigenvalue weighted by Crippen LogP contribution is 2.35. The van der Waals surface area contributed by atoms with Gasteiger partial charge in [-0.25, -0.2) is 0 Å². The summed E-state index contributed by atoms with van der Waals surface area (Å²) < 4.78 is 5.11. The Balaban J connectivity index is 1.47. The number of hydrogen-bond acceptors (Lipinski definition) is 6. The number of likely N-dealkylation sites (tertiary alicyclic amines) is 1. The molecule has 0 saturated carbocycles. The van der Waals surface area contributed by atoms with E-state index in [0.29, 0.717) is 24.1 Å². The van der Waals surface area contributed by atoms with Crippen LogP contribution in [0.2, 0.25) is 0 Å². The quantitative estimate of drug-likeness (QED) is 0.389. The van der Waals surface area contributed by atoms with Crippen LogP contribution >= 0.6 is 0 Å². The van der Waals surface area contributed by atoms with Gasteiger partial charge in [0.05, 0.1) is 18.3 Å². The third-order valence-corrected chi connectivity index (χ3v) is 5.25. The molecule has 3 atom stereocenters. The second kappa shape index (κ2) is 8.89. The Labute approximate surface area is 173 Å². The molecule has 1 fully saturated rings. The molecule has 3 rings (SSSR count). The van der Waals surface area contributed by atoms with Gasteiger partial charge in [-0.05, 0) is 44.0 Å². The molecular weight excluding hydrogens is 390 g/mol. The molecule has 0 spiro atoms. The zero-order valence-electron chi connectivity index (χ0n) is 16.5. The molecular formula is C21H23N3O6. The number of carbonyl (C=O) groups is 5. The van der Waals surface area contributed by atoms with E-state index in [1.54, 1.807) is 0 Å². The molecule has 4 amide bonds. The van der Waals surface area contributed by atoms with Gasteiger partial charge < -0.3 is 15.8 Å². The molecule has 0 aromatic heterocycles. The average molecular weight is 413 g/mol. The Morgan fingerprint density at radius 3 is 2.20 bits per heavy atom. The molecule has 1 aromatic carbocycles. The van der Waals surface area contributed by atoms with Crippen molar-refractivity contribution in [2.24, 2.45) is 17.6 Å². The summed E-state index contributed by atoms with van der Waals surface area (Å²) in [5.74, 6) is -3.02. The zero-order chi connectivity index (χ0) is 21.8. The maximum absolute atomic E-state index is 12.4. The van der Waals surface area contributed by atoms with E-state index in [0.717, 1.165) is 4.90 Å². The average Bonchev–Trinajstić information content (AvgIpc) is 2.97. The van der Waals surface area contributed by atoms with E-state index in [4.69, 9.17) is 10.5 Å². The van der Waals surface area contributed by atoms with Crippen LogP contribution in [-0.2, 0) is 23.9 Å². The summed E-state index contributed by atoms with van der Waals surface area (Å²) in [5, 5.41) is 2.56. The van der Waals surface area contributed by atoms with E-state index in [1.807, 2.05) is 12.2 Å². The molecule has 9 nitrogen and oxygen atoms in total. The number of nitrogens with two attached hydrogens (primary N) is 1. The van der Waals surface area contributed by atoms with Crippen molar-refractivity contribution in [2.45, 2.75) is 32.3 Å². The van der Waals surface area contributed by atoms with Gasteiger partial charge in [0.2, 0.25) is 17.7 Å². The van der Waals surface area contributed by atoms with Crippen LogP contribution < -0.4 is 11.1 Å². The van der Waals surface area contributed by atoms with Crippen molar-refractivity contribution in [3.63, 3.8) is 0 Å². The number of ether oxygens (including phenoxy) is 1. The van der Waals surface area contributed by atoms with Crippen molar-refractivity contribution in [2.75, 3.05) is 11.9 Å². The van der Waals surface area contributed by atoms with Crippen LogP contribution in [0.3, 0.4) is 0 Å². The molecule has 1 heterocycles. The number of rotatable bonds is 7. The first-order chi connectivity index (χ1) is 14.3. The number of benzene rings is 1. The van der Waals surface area contributed by atoms with E-state index in [2.05, 4.69) is 5.32 Å². The molecule has 0 radical (unpaired) electrons. The summed E-state index contributed by atoms with van der Waals surface area (Å²) in [7, 11) is 0. The number of amides is 4. The van der Waals surface area contributed by atoms with Gasteiger partial charge in [-0.1, -0.05) is 12.2 Å². The molecule has 1 aromatic rings. The monoisotopic (exact) mass is 413 g/mol. The minimum absolute atomic E-state index is 0.0631. The number of carbonyl (C=O) groups excluding carboxylic acids is 5. The fraction of sp³-hybridized carbons (Fsp3) is 0.381. The Hall–Kier alpha value is -3.49. The highest BCUT2D eigenvalue weighted by Gasteiger charge is 2.47. The highest BCUT2D eigenvalue weighted by molar-refractivity contribution is 6.05. The summed E-state index contributed by atoms with van der Waals surface area (Å²) in [5.41, 5.74) is 5.87. The minimum atomic E-state index is -1.08. The number of fused-ring (bicyclic) bond motifs is 1. The first-order valence-electron chi connectivity index (χ1n) is 9.68. The fourth-order valence-corrected chi connectivity index (χ4v) is 3.56. The summed E-state index contributed by atoms with van der Waals surface area (Å²) in [6.45, 7) is 1.35. The molecule has 0 bridgehead atoms. The molecule has 2 aliphatic rings. The van der Waals surface area contributed by atoms with Gasteiger partial charge in [0, 0.05) is 17.8 Å². The minimum Gasteiger partial charge on any atom is -0.452 e. The Bertz CT molecular complexity index is 882. The molecule has 1 saturated heterocycles. The Kier molecular flexibility index (Phi) is 6.29. The lowest BCUT2D eigenvalue weighted by molar-refractivity contribution is -0.154. The summed E-state index contributed by atoms with van der Waals surface area (Å²) in [4.78, 5) is 61.3. The third-order valence-electron chi connectivity index (χ3n) is 5.25. The van der Waals surface area contributed by atoms with Crippen LogP contribution in [0.4, 0.5) is 5.69 Å². The highest BCUT2D eigenvalue weighted by atomic mass is 16.5. The molecule has 1 aliphatic heterocycles. The number of nitrogens with zero attached hydrogens (tertiary/aromatic N) is 1. The van der Waals surface area contributed by atoms with Gasteiger partial charge in [0.15, 0.2) is 6.10 Å². The predicted molar refractivity (Wildman–Crippen MR) is 106 cm³/mol. The normalized spacial score (nSPS) is 21.2. The second-order valence-electron chi connectivity index (χ2n) is 7.30. The molecule has 1 aliphatic carbocycles. The van der Waals surface area contributed by atoms with Gasteiger partial charge in [0.1, 0.15) is 0 Å². The van der Waals surface area contributed by atoms with Crippen LogP contribution in [0.25, 0.3) is 0 Å². The topological polar surface area (TPSA) is 136 Å². The standard InChI is InChI=1S/C21H23N3O6/c1-12(19(27)23-14-8-6-13(7-9-14)18(22)26)30-17(25)10-11-24-20(28)15-4-2-3-5-16(15)21(24)29/h2-3,6-9,12,15-16H,4-5,10-11H2,1H3,(H2,22,26)(H,23,27)/t12-,15-,16+/m0/s1. The number of esters is 1. The van der Waals surface area contributed by atoms with E-state index < -0.39 is 23.9 Å². The smallest absolute Gasteiger partial charge is 0.308 e. The van der Waals surface area contributed by atoms with Crippen molar-refractivity contribution in [3.05, 3.63) is 42.0 Å². The lowest BCUT2D eigenvalue weighted by Gasteiger charge is -2.16. The maximum atomic E-state index is 12.4. The first kappa shape index (κ1) is 21.2. The van der Waals surface area contributed by atoms with Crippen molar-refractivity contribution in [1.82, 2.24) is 4.90 Å². The van der Waals surface area contributed by atoms with Crippen LogP contribution in [-0.4, -0.2) is 47.1 Å². The number of hydrogen-bond donors (Lipinski definition) is 2. The third kappa shape index (κ3) is 4.56. The van der Waals surface area contributed by atoms with Crippen LogP contribution in [0, 0.1) is 11.8 Å². The Morgan fingerprint density at radius 2 is 1.67 bits per heavy atom. The van der Waals surface area contributed by atoms with Crippen LogP contribution in [0.15, 0.2) is 36.4 Å². The molecule has 0 unspecified atom stereocenters. The van der Waals surface area contributed by atoms with E-state index in [9.17, 15) is 24.0 Å². The predicted octanol–water partition coefficient (Wildman–Crippen LogP) is 0.997. The zero-order valence-corrected chi connectivity index (χ0v) is 16.5. The molecule has 9 heteroatoms.